The Morgan fingerprint density at radius 1 is 0.362 bits per heavy atom. The van der Waals surface area contributed by atoms with E-state index in [2.05, 4.69) is 139 Å². The van der Waals surface area contributed by atoms with Crippen LogP contribution in [0.5, 0.6) is 0 Å². The molecule has 0 bridgehead atoms. The second kappa shape index (κ2) is 28.7. The Kier molecular flexibility index (Phi) is 20.8. The zero-order valence-corrected chi connectivity index (χ0v) is 52.0. The fourth-order valence-electron chi connectivity index (χ4n) is 12.6. The first kappa shape index (κ1) is 58.1. The van der Waals surface area contributed by atoms with Crippen LogP contribution in [0.4, 0.5) is 0 Å². The number of aromatic nitrogens is 2. The van der Waals surface area contributed by atoms with E-state index in [9.17, 15) is 0 Å². The van der Waals surface area contributed by atoms with E-state index >= 15 is 0 Å². The van der Waals surface area contributed by atoms with Gasteiger partial charge in [-0.25, -0.2) is 9.97 Å². The molecular formula is C74H90N2OS3. The first-order valence-corrected chi connectivity index (χ1v) is 34.2. The molecule has 420 valence electrons. The minimum Gasteiger partial charge on any atom is -0.456 e. The molecule has 3 nitrogen and oxygen atoms in total. The number of fused-ring (bicyclic) bond motifs is 7. The van der Waals surface area contributed by atoms with E-state index in [0.717, 1.165) is 59.6 Å². The van der Waals surface area contributed by atoms with Gasteiger partial charge in [0.15, 0.2) is 5.82 Å². The third kappa shape index (κ3) is 14.2. The molecule has 0 aliphatic carbocycles. The minimum atomic E-state index is 0.818. The molecule has 0 spiro atoms. The Morgan fingerprint density at radius 2 is 0.875 bits per heavy atom. The molecular weight excluding hydrogens is 1030 g/mol. The van der Waals surface area contributed by atoms with Crippen LogP contribution in [0.15, 0.2) is 101 Å². The lowest BCUT2D eigenvalue weighted by molar-refractivity contribution is 0.605. The van der Waals surface area contributed by atoms with Crippen LogP contribution in [-0.2, 0) is 25.7 Å². The standard InChI is InChI=1S/C74H90N2OS3/c1-7-11-15-19-23-27-33-53-43-59(54(41-51(53)5)34-28-24-20-16-12-8-2)65-48-66(76-74(75-65)57-39-40-69-63(46-57)64-47-62-58-37-31-32-38-67(58)77-68(62)49-70(64)79-69)60-44-56(36-30-26-22-18-14-10-4)61(45-55(60)35-29-25-21-17-13-9-3)71-50-73-72(80-71)42-52(6)78-73/h31-32,37-50H,7-30,33-36H2,1-6H3. The average molecular weight is 1120 g/mol. The highest BCUT2D eigenvalue weighted by atomic mass is 32.1. The summed E-state index contributed by atoms with van der Waals surface area (Å²) in [6, 6.07) is 37.8. The van der Waals surface area contributed by atoms with Crippen molar-refractivity contribution < 1.29 is 4.42 Å². The summed E-state index contributed by atoms with van der Waals surface area (Å²) in [5.41, 5.74) is 16.4. The highest BCUT2D eigenvalue weighted by Crippen LogP contribution is 2.45. The van der Waals surface area contributed by atoms with Crippen LogP contribution in [0, 0.1) is 13.8 Å². The quantitative estimate of drug-likeness (QED) is 0.0395. The number of aryl methyl sites for hydroxylation is 6. The number of rotatable bonds is 32. The molecule has 0 aliphatic rings. The normalized spacial score (nSPS) is 12.0. The van der Waals surface area contributed by atoms with Crippen molar-refractivity contribution in [3.05, 3.63) is 130 Å². The number of hydrogen-bond donors (Lipinski definition) is 0. The van der Waals surface area contributed by atoms with Gasteiger partial charge in [-0.2, -0.15) is 0 Å². The summed E-state index contributed by atoms with van der Waals surface area (Å²) < 4.78 is 11.8. The van der Waals surface area contributed by atoms with Gasteiger partial charge in [0, 0.05) is 66.8 Å². The van der Waals surface area contributed by atoms with Crippen molar-refractivity contribution in [2.24, 2.45) is 0 Å². The number of thiophene rings is 3. The summed E-state index contributed by atoms with van der Waals surface area (Å²) in [5, 5.41) is 4.86. The molecule has 0 saturated heterocycles. The van der Waals surface area contributed by atoms with Crippen LogP contribution >= 0.6 is 34.0 Å². The Balaban J connectivity index is 1.15. The molecule has 10 aromatic rings. The highest BCUT2D eigenvalue weighted by molar-refractivity contribution is 7.29. The molecule has 0 saturated carbocycles. The van der Waals surface area contributed by atoms with Crippen molar-refractivity contribution in [1.29, 1.82) is 0 Å². The van der Waals surface area contributed by atoms with E-state index in [-0.39, 0.29) is 0 Å². The lowest BCUT2D eigenvalue weighted by Crippen LogP contribution is -2.03. The summed E-state index contributed by atoms with van der Waals surface area (Å²) in [5.74, 6) is 0.818. The van der Waals surface area contributed by atoms with Gasteiger partial charge in [0.2, 0.25) is 0 Å². The topological polar surface area (TPSA) is 38.9 Å². The largest absolute Gasteiger partial charge is 0.456 e. The first-order valence-electron chi connectivity index (χ1n) is 31.8. The van der Waals surface area contributed by atoms with Crippen LogP contribution in [0.3, 0.4) is 0 Å². The average Bonchev–Trinajstić information content (AvgIpc) is 4.31. The molecule has 5 heterocycles. The van der Waals surface area contributed by atoms with Gasteiger partial charge in [0.25, 0.3) is 0 Å². The Labute approximate surface area is 492 Å². The van der Waals surface area contributed by atoms with Gasteiger partial charge in [-0.1, -0.05) is 180 Å². The molecule has 5 aromatic carbocycles. The summed E-state index contributed by atoms with van der Waals surface area (Å²) in [7, 11) is 0. The number of unbranched alkanes of at least 4 members (excludes halogenated alkanes) is 20. The molecule has 0 aliphatic heterocycles. The molecule has 0 atom stereocenters. The fraction of sp³-hybridized carbons (Fsp3) is 0.459. The third-order valence-corrected chi connectivity index (χ3v) is 20.6. The molecule has 0 radical (unpaired) electrons. The van der Waals surface area contributed by atoms with E-state index in [4.69, 9.17) is 14.4 Å². The molecule has 10 rings (SSSR count). The number of para-hydroxylation sites is 1. The van der Waals surface area contributed by atoms with Gasteiger partial charge >= 0.3 is 0 Å². The van der Waals surface area contributed by atoms with Crippen molar-refractivity contribution in [2.75, 3.05) is 0 Å². The molecule has 0 unspecified atom stereocenters. The van der Waals surface area contributed by atoms with Gasteiger partial charge in [0.1, 0.15) is 11.2 Å². The van der Waals surface area contributed by atoms with E-state index in [1.165, 1.54) is 249 Å². The second-order valence-corrected chi connectivity index (χ2v) is 27.0. The van der Waals surface area contributed by atoms with Crippen molar-refractivity contribution in [3.8, 4) is 44.3 Å². The first-order chi connectivity index (χ1) is 39.3. The number of benzene rings is 5. The van der Waals surface area contributed by atoms with Crippen LogP contribution in [0.25, 0.3) is 95.9 Å². The number of nitrogens with zero attached hydrogens (tertiary/aromatic N) is 2. The van der Waals surface area contributed by atoms with Crippen LogP contribution < -0.4 is 0 Å². The Hall–Kier alpha value is -5.14. The predicted molar refractivity (Wildman–Crippen MR) is 355 cm³/mol. The van der Waals surface area contributed by atoms with Gasteiger partial charge in [-0.3, -0.25) is 0 Å². The van der Waals surface area contributed by atoms with Gasteiger partial charge in [-0.05, 0) is 171 Å². The van der Waals surface area contributed by atoms with Crippen molar-refractivity contribution in [1.82, 2.24) is 9.97 Å². The molecule has 0 fully saturated rings. The summed E-state index contributed by atoms with van der Waals surface area (Å²) in [6.07, 6.45) is 35.2. The van der Waals surface area contributed by atoms with Gasteiger partial charge in [0.05, 0.1) is 11.4 Å². The van der Waals surface area contributed by atoms with Crippen molar-refractivity contribution in [2.45, 2.75) is 221 Å². The number of hydrogen-bond acceptors (Lipinski definition) is 6. The van der Waals surface area contributed by atoms with E-state index in [1.54, 1.807) is 0 Å². The lowest BCUT2D eigenvalue weighted by atomic mass is 9.88. The molecule has 6 heteroatoms. The third-order valence-electron chi connectivity index (χ3n) is 17.2. The van der Waals surface area contributed by atoms with E-state index < -0.39 is 0 Å². The monoisotopic (exact) mass is 1120 g/mol. The summed E-state index contributed by atoms with van der Waals surface area (Å²) in [6.45, 7) is 13.9. The van der Waals surface area contributed by atoms with Crippen LogP contribution in [0.1, 0.15) is 214 Å². The molecule has 5 aromatic heterocycles. The predicted octanol–water partition coefficient (Wildman–Crippen LogP) is 24.9. The fourth-order valence-corrected chi connectivity index (χ4v) is 16.0. The van der Waals surface area contributed by atoms with Crippen LogP contribution in [-0.4, -0.2) is 9.97 Å². The van der Waals surface area contributed by atoms with E-state index in [1.807, 2.05) is 34.0 Å². The van der Waals surface area contributed by atoms with E-state index in [0.29, 0.717) is 0 Å². The number of furan rings is 1. The van der Waals surface area contributed by atoms with Crippen molar-refractivity contribution in [3.63, 3.8) is 0 Å². The summed E-state index contributed by atoms with van der Waals surface area (Å²) in [4.78, 5) is 14.4. The maximum Gasteiger partial charge on any atom is 0.160 e. The van der Waals surface area contributed by atoms with Crippen molar-refractivity contribution >= 4 is 85.5 Å². The summed E-state index contributed by atoms with van der Waals surface area (Å²) >= 11 is 5.79. The van der Waals surface area contributed by atoms with Gasteiger partial charge < -0.3 is 4.42 Å². The molecule has 80 heavy (non-hydrogen) atoms. The zero-order valence-electron chi connectivity index (χ0n) is 49.6. The molecule has 0 amide bonds. The Morgan fingerprint density at radius 3 is 1.49 bits per heavy atom. The minimum absolute atomic E-state index is 0.818. The second-order valence-electron chi connectivity index (χ2n) is 23.6. The zero-order chi connectivity index (χ0) is 55.2. The maximum atomic E-state index is 6.41. The Bertz CT molecular complexity index is 3590. The highest BCUT2D eigenvalue weighted by Gasteiger charge is 2.22. The molecule has 0 N–H and O–H groups in total. The van der Waals surface area contributed by atoms with Gasteiger partial charge in [-0.15, -0.1) is 34.0 Å². The smallest absolute Gasteiger partial charge is 0.160 e. The maximum absolute atomic E-state index is 6.41. The lowest BCUT2D eigenvalue weighted by Gasteiger charge is -2.19. The van der Waals surface area contributed by atoms with Crippen LogP contribution in [0.2, 0.25) is 0 Å². The SMILES string of the molecule is CCCCCCCCc1cc(-c2cc(-c3cc(CCCCCCCC)c(-c4cc5sc(C)cc5s4)cc3CCCCCCCC)nc(-c3ccc4sc5cc6oc7ccccc7c6cc5c4c3)n2)c(CCCCCCCC)cc1C.